The second-order valence-electron chi connectivity index (χ2n) is 6.31. The molecule has 4 nitrogen and oxygen atoms in total. The lowest BCUT2D eigenvalue weighted by Gasteiger charge is -2.37. The second kappa shape index (κ2) is 4.34. The first-order valence-corrected chi connectivity index (χ1v) is 7.21. The lowest BCUT2D eigenvalue weighted by atomic mass is 9.97. The van der Waals surface area contributed by atoms with Crippen LogP contribution >= 0.6 is 0 Å². The number of rotatable bonds is 2. The number of fused-ring (bicyclic) bond motifs is 2. The van der Waals surface area contributed by atoms with E-state index >= 15 is 0 Å². The SMILES string of the molecule is Cc1nnc(C(C)C)n1C1CC2CCC(C1)N2C. The monoisotopic (exact) mass is 248 g/mol. The van der Waals surface area contributed by atoms with Crippen molar-refractivity contribution in [3.63, 3.8) is 0 Å². The maximum absolute atomic E-state index is 4.38. The summed E-state index contributed by atoms with van der Waals surface area (Å²) in [5, 5.41) is 8.68. The lowest BCUT2D eigenvalue weighted by molar-refractivity contribution is 0.134. The van der Waals surface area contributed by atoms with Crippen molar-refractivity contribution in [1.29, 1.82) is 0 Å². The minimum Gasteiger partial charge on any atom is -0.312 e. The highest BCUT2D eigenvalue weighted by Gasteiger charge is 2.40. The summed E-state index contributed by atoms with van der Waals surface area (Å²) >= 11 is 0. The van der Waals surface area contributed by atoms with Gasteiger partial charge in [0.1, 0.15) is 11.6 Å². The average molecular weight is 248 g/mol. The summed E-state index contributed by atoms with van der Waals surface area (Å²) in [5.74, 6) is 2.72. The quantitative estimate of drug-likeness (QED) is 0.806. The molecule has 100 valence electrons. The molecule has 3 heterocycles. The number of aromatic nitrogens is 3. The molecule has 18 heavy (non-hydrogen) atoms. The van der Waals surface area contributed by atoms with E-state index < -0.39 is 0 Å². The van der Waals surface area contributed by atoms with Gasteiger partial charge in [0.05, 0.1) is 0 Å². The van der Waals surface area contributed by atoms with Gasteiger partial charge < -0.3 is 9.47 Å². The Balaban J connectivity index is 1.90. The van der Waals surface area contributed by atoms with E-state index in [1.165, 1.54) is 31.5 Å². The van der Waals surface area contributed by atoms with Crippen molar-refractivity contribution in [1.82, 2.24) is 19.7 Å². The van der Waals surface area contributed by atoms with Gasteiger partial charge in [0.15, 0.2) is 0 Å². The predicted octanol–water partition coefficient (Wildman–Crippen LogP) is 2.51. The summed E-state index contributed by atoms with van der Waals surface area (Å²) in [6.07, 6.45) is 5.28. The number of hydrogen-bond acceptors (Lipinski definition) is 3. The minimum atomic E-state index is 0.462. The van der Waals surface area contributed by atoms with E-state index in [0.717, 1.165) is 17.9 Å². The maximum atomic E-state index is 4.38. The van der Waals surface area contributed by atoms with Gasteiger partial charge in [-0.2, -0.15) is 0 Å². The largest absolute Gasteiger partial charge is 0.312 e. The Morgan fingerprint density at radius 1 is 1.06 bits per heavy atom. The summed E-state index contributed by atoms with van der Waals surface area (Å²) in [4.78, 5) is 2.59. The third-order valence-corrected chi connectivity index (χ3v) is 4.85. The number of piperidine rings is 1. The maximum Gasteiger partial charge on any atom is 0.135 e. The Kier molecular flexibility index (Phi) is 2.93. The van der Waals surface area contributed by atoms with Crippen molar-refractivity contribution in [2.75, 3.05) is 7.05 Å². The molecular weight excluding hydrogens is 224 g/mol. The standard InChI is InChI=1S/C14H24N4/c1-9(2)14-16-15-10(3)18(14)13-7-11-5-6-12(8-13)17(11)4/h9,11-13H,5-8H2,1-4H3. The van der Waals surface area contributed by atoms with Gasteiger partial charge in [0, 0.05) is 24.0 Å². The summed E-state index contributed by atoms with van der Waals surface area (Å²) in [6, 6.07) is 2.16. The van der Waals surface area contributed by atoms with Crippen LogP contribution in [0.15, 0.2) is 0 Å². The van der Waals surface area contributed by atoms with Gasteiger partial charge in [-0.3, -0.25) is 0 Å². The molecule has 0 aromatic carbocycles. The zero-order chi connectivity index (χ0) is 12.9. The van der Waals surface area contributed by atoms with E-state index in [4.69, 9.17) is 0 Å². The Labute approximate surface area is 109 Å². The predicted molar refractivity (Wildman–Crippen MR) is 71.7 cm³/mol. The molecule has 1 aromatic heterocycles. The molecule has 0 radical (unpaired) electrons. The average Bonchev–Trinajstić information content (AvgIpc) is 2.77. The van der Waals surface area contributed by atoms with Crippen LogP contribution in [0.1, 0.15) is 63.1 Å². The Bertz CT molecular complexity index is 423. The van der Waals surface area contributed by atoms with Gasteiger partial charge in [-0.1, -0.05) is 13.8 Å². The molecule has 0 amide bonds. The van der Waals surface area contributed by atoms with Gasteiger partial charge >= 0.3 is 0 Å². The first-order chi connectivity index (χ1) is 8.58. The number of nitrogens with zero attached hydrogens (tertiary/aromatic N) is 4. The lowest BCUT2D eigenvalue weighted by Crippen LogP contribution is -2.41. The van der Waals surface area contributed by atoms with Gasteiger partial charge in [-0.15, -0.1) is 10.2 Å². The molecule has 2 bridgehead atoms. The van der Waals surface area contributed by atoms with Crippen molar-refractivity contribution in [3.05, 3.63) is 11.6 Å². The first-order valence-electron chi connectivity index (χ1n) is 7.21. The van der Waals surface area contributed by atoms with Crippen LogP contribution in [0.5, 0.6) is 0 Å². The zero-order valence-electron chi connectivity index (χ0n) is 11.9. The summed E-state index contributed by atoms with van der Waals surface area (Å²) in [5.41, 5.74) is 0. The van der Waals surface area contributed by atoms with E-state index in [2.05, 4.69) is 47.5 Å². The molecule has 2 fully saturated rings. The Hall–Kier alpha value is -0.900. The molecule has 2 saturated heterocycles. The topological polar surface area (TPSA) is 34.0 Å². The molecule has 0 aliphatic carbocycles. The molecule has 2 atom stereocenters. The van der Waals surface area contributed by atoms with Gasteiger partial charge in [0.2, 0.25) is 0 Å². The molecule has 2 unspecified atom stereocenters. The van der Waals surface area contributed by atoms with Crippen molar-refractivity contribution in [3.8, 4) is 0 Å². The molecule has 1 aromatic rings. The van der Waals surface area contributed by atoms with E-state index in [-0.39, 0.29) is 0 Å². The molecule has 2 aliphatic rings. The highest BCUT2D eigenvalue weighted by atomic mass is 15.3. The van der Waals surface area contributed by atoms with Crippen molar-refractivity contribution in [2.24, 2.45) is 0 Å². The van der Waals surface area contributed by atoms with E-state index in [9.17, 15) is 0 Å². The Morgan fingerprint density at radius 2 is 1.67 bits per heavy atom. The summed E-state index contributed by atoms with van der Waals surface area (Å²) in [6.45, 7) is 6.52. The Morgan fingerprint density at radius 3 is 2.22 bits per heavy atom. The first kappa shape index (κ1) is 12.2. The molecule has 0 saturated carbocycles. The second-order valence-corrected chi connectivity index (χ2v) is 6.31. The molecule has 0 N–H and O–H groups in total. The fourth-order valence-electron chi connectivity index (χ4n) is 3.82. The third-order valence-electron chi connectivity index (χ3n) is 4.85. The zero-order valence-corrected chi connectivity index (χ0v) is 11.9. The van der Waals surface area contributed by atoms with Crippen molar-refractivity contribution in [2.45, 2.75) is 70.5 Å². The third kappa shape index (κ3) is 1.78. The number of aryl methyl sites for hydroxylation is 1. The van der Waals surface area contributed by atoms with Gasteiger partial charge in [-0.05, 0) is 39.7 Å². The van der Waals surface area contributed by atoms with Crippen LogP contribution in [-0.4, -0.2) is 38.8 Å². The fraction of sp³-hybridized carbons (Fsp3) is 0.857. The van der Waals surface area contributed by atoms with Crippen LogP contribution in [-0.2, 0) is 0 Å². The summed E-state index contributed by atoms with van der Waals surface area (Å²) < 4.78 is 2.42. The van der Waals surface area contributed by atoms with Crippen LogP contribution in [0.3, 0.4) is 0 Å². The van der Waals surface area contributed by atoms with Crippen LogP contribution in [0.25, 0.3) is 0 Å². The molecule has 3 rings (SSSR count). The molecule has 0 spiro atoms. The smallest absolute Gasteiger partial charge is 0.135 e. The van der Waals surface area contributed by atoms with Crippen molar-refractivity contribution < 1.29 is 0 Å². The van der Waals surface area contributed by atoms with Crippen LogP contribution < -0.4 is 0 Å². The van der Waals surface area contributed by atoms with E-state index in [0.29, 0.717) is 12.0 Å². The molecule has 4 heteroatoms. The normalized spacial score (nSPS) is 32.4. The minimum absolute atomic E-state index is 0.462. The van der Waals surface area contributed by atoms with Crippen molar-refractivity contribution >= 4 is 0 Å². The highest BCUT2D eigenvalue weighted by molar-refractivity contribution is 5.05. The molecule has 2 aliphatic heterocycles. The van der Waals surface area contributed by atoms with Gasteiger partial charge in [0.25, 0.3) is 0 Å². The summed E-state index contributed by atoms with van der Waals surface area (Å²) in [7, 11) is 2.29. The molecular formula is C14H24N4. The van der Waals surface area contributed by atoms with E-state index in [1.807, 2.05) is 0 Å². The fourth-order valence-corrected chi connectivity index (χ4v) is 3.82. The van der Waals surface area contributed by atoms with Gasteiger partial charge in [-0.25, -0.2) is 0 Å². The van der Waals surface area contributed by atoms with Crippen LogP contribution in [0.2, 0.25) is 0 Å². The highest BCUT2D eigenvalue weighted by Crippen LogP contribution is 2.40. The number of hydrogen-bond donors (Lipinski definition) is 0. The van der Waals surface area contributed by atoms with Crippen LogP contribution in [0.4, 0.5) is 0 Å². The van der Waals surface area contributed by atoms with E-state index in [1.54, 1.807) is 0 Å². The van der Waals surface area contributed by atoms with Crippen LogP contribution in [0, 0.1) is 6.92 Å².